The first-order valence-corrected chi connectivity index (χ1v) is 11.4. The van der Waals surface area contributed by atoms with Crippen LogP contribution in [0.1, 0.15) is 34.0 Å². The lowest BCUT2D eigenvalue weighted by Crippen LogP contribution is -2.35. The van der Waals surface area contributed by atoms with Gasteiger partial charge in [0.2, 0.25) is 0 Å². The van der Waals surface area contributed by atoms with Gasteiger partial charge < -0.3 is 4.90 Å². The summed E-state index contributed by atoms with van der Waals surface area (Å²) in [4.78, 5) is 15.3. The quantitative estimate of drug-likeness (QED) is 0.666. The Bertz CT molecular complexity index is 1230. The molecule has 1 heterocycles. The van der Waals surface area contributed by atoms with E-state index in [1.165, 1.54) is 0 Å². The molecule has 0 radical (unpaired) electrons. The largest absolute Gasteiger partial charge is 0.305 e. The zero-order chi connectivity index (χ0) is 21.5. The molecule has 154 valence electrons. The summed E-state index contributed by atoms with van der Waals surface area (Å²) in [5.41, 5.74) is 4.40. The van der Waals surface area contributed by atoms with Crippen LogP contribution in [0.25, 0.3) is 0 Å². The summed E-state index contributed by atoms with van der Waals surface area (Å²) in [5, 5.41) is 0. The molecule has 0 saturated heterocycles. The second kappa shape index (κ2) is 7.61. The standard InChI is InChI=1S/C24H24N2O3S/c1-16-11-12-17(2)23(13-16)30(28,29)25-21-9-6-8-20(15-21)24(27)26-18(3)14-19-7-4-5-10-22(19)26/h4-13,15,18,25H,14H2,1-3H3. The lowest BCUT2D eigenvalue weighted by atomic mass is 10.1. The third-order valence-corrected chi connectivity index (χ3v) is 6.94. The Morgan fingerprint density at radius 1 is 1.00 bits per heavy atom. The van der Waals surface area contributed by atoms with Crippen molar-refractivity contribution in [3.63, 3.8) is 0 Å². The van der Waals surface area contributed by atoms with Crippen LogP contribution in [0.3, 0.4) is 0 Å². The van der Waals surface area contributed by atoms with Crippen molar-refractivity contribution in [2.45, 2.75) is 38.1 Å². The molecule has 0 aromatic heterocycles. The van der Waals surface area contributed by atoms with E-state index in [0.717, 1.165) is 23.2 Å². The maximum Gasteiger partial charge on any atom is 0.262 e. The lowest BCUT2D eigenvalue weighted by molar-refractivity contribution is 0.0981. The van der Waals surface area contributed by atoms with Crippen molar-refractivity contribution < 1.29 is 13.2 Å². The van der Waals surface area contributed by atoms with Gasteiger partial charge in [0.05, 0.1) is 4.90 Å². The fraction of sp³-hybridized carbons (Fsp3) is 0.208. The minimum Gasteiger partial charge on any atom is -0.305 e. The van der Waals surface area contributed by atoms with Gasteiger partial charge in [-0.1, -0.05) is 36.4 Å². The number of nitrogens with zero attached hydrogens (tertiary/aromatic N) is 1. The van der Waals surface area contributed by atoms with Crippen LogP contribution in [0.5, 0.6) is 0 Å². The van der Waals surface area contributed by atoms with Crippen molar-refractivity contribution in [1.29, 1.82) is 0 Å². The van der Waals surface area contributed by atoms with Crippen LogP contribution >= 0.6 is 0 Å². The van der Waals surface area contributed by atoms with E-state index in [-0.39, 0.29) is 16.8 Å². The fourth-order valence-corrected chi connectivity index (χ4v) is 5.32. The molecule has 3 aromatic rings. The van der Waals surface area contributed by atoms with Crippen molar-refractivity contribution >= 4 is 27.3 Å². The molecule has 3 aromatic carbocycles. The Morgan fingerprint density at radius 3 is 2.57 bits per heavy atom. The number of hydrogen-bond donors (Lipinski definition) is 1. The molecule has 6 heteroatoms. The monoisotopic (exact) mass is 420 g/mol. The van der Waals surface area contributed by atoms with Crippen LogP contribution in [-0.2, 0) is 16.4 Å². The van der Waals surface area contributed by atoms with Gasteiger partial charge in [0, 0.05) is 23.0 Å². The van der Waals surface area contributed by atoms with Crippen molar-refractivity contribution in [1.82, 2.24) is 0 Å². The Hall–Kier alpha value is -3.12. The number of carbonyl (C=O) groups is 1. The number of hydrogen-bond acceptors (Lipinski definition) is 3. The summed E-state index contributed by atoms with van der Waals surface area (Å²) < 4.78 is 28.5. The molecule has 1 aliphatic heterocycles. The average molecular weight is 421 g/mol. The molecule has 5 nitrogen and oxygen atoms in total. The predicted molar refractivity (Wildman–Crippen MR) is 120 cm³/mol. The SMILES string of the molecule is Cc1ccc(C)c(S(=O)(=O)Nc2cccc(C(=O)N3c4ccccc4CC3C)c2)c1. The number of rotatable bonds is 4. The molecule has 4 rings (SSSR count). The minimum atomic E-state index is -3.76. The third kappa shape index (κ3) is 3.71. The number of fused-ring (bicyclic) bond motifs is 1. The highest BCUT2D eigenvalue weighted by Gasteiger charge is 2.31. The molecule has 30 heavy (non-hydrogen) atoms. The summed E-state index contributed by atoms with van der Waals surface area (Å²) in [6.07, 6.45) is 0.806. The van der Waals surface area contributed by atoms with Gasteiger partial charge in [0.1, 0.15) is 0 Å². The van der Waals surface area contributed by atoms with E-state index in [0.29, 0.717) is 16.8 Å². The highest BCUT2D eigenvalue weighted by Crippen LogP contribution is 2.33. The number of benzene rings is 3. The first kappa shape index (κ1) is 20.2. The second-order valence-electron chi connectivity index (χ2n) is 7.81. The van der Waals surface area contributed by atoms with E-state index >= 15 is 0 Å². The summed E-state index contributed by atoms with van der Waals surface area (Å²) in [6, 6.07) is 19.9. The lowest BCUT2D eigenvalue weighted by Gasteiger charge is -2.23. The van der Waals surface area contributed by atoms with Gasteiger partial charge in [-0.15, -0.1) is 0 Å². The average Bonchev–Trinajstić information content (AvgIpc) is 3.04. The Kier molecular flexibility index (Phi) is 5.12. The van der Waals surface area contributed by atoms with Crippen LogP contribution in [0.2, 0.25) is 0 Å². The van der Waals surface area contributed by atoms with E-state index < -0.39 is 10.0 Å². The number of carbonyl (C=O) groups excluding carboxylic acids is 1. The van der Waals surface area contributed by atoms with E-state index in [4.69, 9.17) is 0 Å². The van der Waals surface area contributed by atoms with Gasteiger partial charge in [-0.05, 0) is 74.2 Å². The Labute approximate surface area is 177 Å². The maximum absolute atomic E-state index is 13.3. The summed E-state index contributed by atoms with van der Waals surface area (Å²) in [5.74, 6) is -0.139. The number of nitrogens with one attached hydrogen (secondary N) is 1. The van der Waals surface area contributed by atoms with Gasteiger partial charge in [-0.2, -0.15) is 0 Å². The van der Waals surface area contributed by atoms with Gasteiger partial charge in [-0.3, -0.25) is 9.52 Å². The molecule has 0 fully saturated rings. The number of amides is 1. The smallest absolute Gasteiger partial charge is 0.262 e. The Balaban J connectivity index is 1.63. The summed E-state index contributed by atoms with van der Waals surface area (Å²) >= 11 is 0. The van der Waals surface area contributed by atoms with Crippen molar-refractivity contribution in [2.24, 2.45) is 0 Å². The number of sulfonamides is 1. The fourth-order valence-electron chi connectivity index (χ4n) is 3.94. The van der Waals surface area contributed by atoms with Crippen LogP contribution in [0.15, 0.2) is 71.6 Å². The molecule has 1 atom stereocenters. The van der Waals surface area contributed by atoms with Crippen molar-refractivity contribution in [3.8, 4) is 0 Å². The molecule has 1 unspecified atom stereocenters. The van der Waals surface area contributed by atoms with Gasteiger partial charge in [-0.25, -0.2) is 8.42 Å². The summed E-state index contributed by atoms with van der Waals surface area (Å²) in [6.45, 7) is 5.64. The minimum absolute atomic E-state index is 0.0465. The molecule has 0 saturated carbocycles. The molecule has 1 aliphatic rings. The molecule has 0 bridgehead atoms. The van der Waals surface area contributed by atoms with Crippen molar-refractivity contribution in [2.75, 3.05) is 9.62 Å². The van der Waals surface area contributed by atoms with E-state index in [9.17, 15) is 13.2 Å². The molecule has 0 spiro atoms. The molecule has 1 N–H and O–H groups in total. The predicted octanol–water partition coefficient (Wildman–Crippen LogP) is 4.70. The molecule has 1 amide bonds. The number of aryl methyl sites for hydroxylation is 2. The van der Waals surface area contributed by atoms with Crippen LogP contribution in [0.4, 0.5) is 11.4 Å². The molecular formula is C24H24N2O3S. The highest BCUT2D eigenvalue weighted by atomic mass is 32.2. The first-order valence-electron chi connectivity index (χ1n) is 9.88. The van der Waals surface area contributed by atoms with E-state index in [2.05, 4.69) is 4.72 Å². The zero-order valence-corrected chi connectivity index (χ0v) is 18.0. The third-order valence-electron chi connectivity index (χ3n) is 5.42. The highest BCUT2D eigenvalue weighted by molar-refractivity contribution is 7.92. The van der Waals surface area contributed by atoms with Gasteiger partial charge in [0.25, 0.3) is 15.9 Å². The normalized spacial score (nSPS) is 15.7. The van der Waals surface area contributed by atoms with Gasteiger partial charge >= 0.3 is 0 Å². The first-order chi connectivity index (χ1) is 14.3. The van der Waals surface area contributed by atoms with E-state index in [1.807, 2.05) is 44.2 Å². The van der Waals surface area contributed by atoms with Crippen LogP contribution in [0, 0.1) is 13.8 Å². The van der Waals surface area contributed by atoms with E-state index in [1.54, 1.807) is 48.2 Å². The summed E-state index contributed by atoms with van der Waals surface area (Å²) in [7, 11) is -3.76. The van der Waals surface area contributed by atoms with Gasteiger partial charge in [0.15, 0.2) is 0 Å². The Morgan fingerprint density at radius 2 is 1.77 bits per heavy atom. The molecular weight excluding hydrogens is 396 g/mol. The van der Waals surface area contributed by atoms with Crippen LogP contribution < -0.4 is 9.62 Å². The van der Waals surface area contributed by atoms with Crippen molar-refractivity contribution in [3.05, 3.63) is 89.0 Å². The number of para-hydroxylation sites is 1. The zero-order valence-electron chi connectivity index (χ0n) is 17.2. The second-order valence-corrected chi connectivity index (χ2v) is 9.46. The number of anilines is 2. The molecule has 0 aliphatic carbocycles. The maximum atomic E-state index is 13.3. The van der Waals surface area contributed by atoms with Crippen LogP contribution in [-0.4, -0.2) is 20.4 Å². The topological polar surface area (TPSA) is 66.5 Å².